The second kappa shape index (κ2) is 7.71. The first-order chi connectivity index (χ1) is 9.65. The maximum absolute atomic E-state index is 11.7. The fraction of sp³-hybridized carbons (Fsp3) is 0.714. The van der Waals surface area contributed by atoms with E-state index in [9.17, 15) is 4.79 Å². The number of carbonyl (C=O) groups excluding carboxylic acids is 1. The second-order valence-corrected chi connectivity index (χ2v) is 6.07. The number of hydrogen-bond acceptors (Lipinski definition) is 5. The summed E-state index contributed by atoms with van der Waals surface area (Å²) < 4.78 is 5.71. The van der Waals surface area contributed by atoms with Crippen molar-refractivity contribution in [3.05, 3.63) is 16.6 Å². The van der Waals surface area contributed by atoms with Crippen LogP contribution in [0.1, 0.15) is 37.2 Å². The van der Waals surface area contributed by atoms with Crippen LogP contribution in [0, 0.1) is 0 Å². The van der Waals surface area contributed by atoms with E-state index in [0.717, 1.165) is 32.5 Å². The molecule has 1 aromatic heterocycles. The van der Waals surface area contributed by atoms with Crippen molar-refractivity contribution in [3.63, 3.8) is 0 Å². The molecule has 2 atom stereocenters. The summed E-state index contributed by atoms with van der Waals surface area (Å²) in [4.78, 5) is 18.1. The van der Waals surface area contributed by atoms with Gasteiger partial charge in [-0.05, 0) is 33.2 Å². The number of aromatic nitrogens is 1. The minimum Gasteiger partial charge on any atom is -0.373 e. The van der Waals surface area contributed by atoms with E-state index < -0.39 is 0 Å². The molecule has 0 bridgehead atoms. The average Bonchev–Trinajstić information content (AvgIpc) is 2.90. The maximum atomic E-state index is 11.7. The third-order valence-corrected chi connectivity index (χ3v) is 3.93. The van der Waals surface area contributed by atoms with Crippen LogP contribution in [-0.2, 0) is 4.74 Å². The minimum absolute atomic E-state index is 0.0696. The molecule has 1 aliphatic heterocycles. The largest absolute Gasteiger partial charge is 0.373 e. The minimum atomic E-state index is -0.0696. The molecule has 5 nitrogen and oxygen atoms in total. The molecule has 1 amide bonds. The van der Waals surface area contributed by atoms with Crippen molar-refractivity contribution >= 4 is 17.2 Å². The van der Waals surface area contributed by atoms with Gasteiger partial charge in [0.05, 0.1) is 17.7 Å². The molecule has 0 aromatic carbocycles. The molecular weight excluding hydrogens is 274 g/mol. The molecule has 0 spiro atoms. The third-order valence-electron chi connectivity index (χ3n) is 3.35. The van der Waals surface area contributed by atoms with Gasteiger partial charge in [0, 0.05) is 25.0 Å². The number of morpholine rings is 1. The highest BCUT2D eigenvalue weighted by Crippen LogP contribution is 2.11. The summed E-state index contributed by atoms with van der Waals surface area (Å²) in [6.45, 7) is 8.05. The van der Waals surface area contributed by atoms with Gasteiger partial charge in [0.2, 0.25) is 0 Å². The molecular formula is C14H23N3O2S. The van der Waals surface area contributed by atoms with Gasteiger partial charge < -0.3 is 10.1 Å². The van der Waals surface area contributed by atoms with Crippen molar-refractivity contribution in [1.29, 1.82) is 0 Å². The topological polar surface area (TPSA) is 54.5 Å². The Labute approximate surface area is 124 Å². The first kappa shape index (κ1) is 15.4. The van der Waals surface area contributed by atoms with Gasteiger partial charge in [0.1, 0.15) is 5.69 Å². The molecule has 0 unspecified atom stereocenters. The van der Waals surface area contributed by atoms with Gasteiger partial charge in [-0.15, -0.1) is 11.3 Å². The van der Waals surface area contributed by atoms with Crippen LogP contribution in [0.5, 0.6) is 0 Å². The normalized spacial score (nSPS) is 23.7. The number of rotatable bonds is 6. The summed E-state index contributed by atoms with van der Waals surface area (Å²) >= 11 is 1.44. The molecule has 20 heavy (non-hydrogen) atoms. The smallest absolute Gasteiger partial charge is 0.270 e. The van der Waals surface area contributed by atoms with E-state index in [1.807, 2.05) is 0 Å². The maximum Gasteiger partial charge on any atom is 0.270 e. The highest BCUT2D eigenvalue weighted by molar-refractivity contribution is 7.07. The summed E-state index contributed by atoms with van der Waals surface area (Å²) in [5.74, 6) is -0.0696. The van der Waals surface area contributed by atoms with E-state index in [1.54, 1.807) is 10.9 Å². The van der Waals surface area contributed by atoms with Gasteiger partial charge in [-0.25, -0.2) is 4.98 Å². The molecule has 6 heteroatoms. The van der Waals surface area contributed by atoms with Crippen molar-refractivity contribution in [2.45, 2.75) is 38.9 Å². The zero-order valence-corrected chi connectivity index (χ0v) is 13.0. The fourth-order valence-corrected chi connectivity index (χ4v) is 3.08. The van der Waals surface area contributed by atoms with Gasteiger partial charge in [-0.3, -0.25) is 9.69 Å². The molecule has 1 saturated heterocycles. The van der Waals surface area contributed by atoms with E-state index in [1.165, 1.54) is 11.3 Å². The number of carbonyl (C=O) groups is 1. The molecule has 1 aromatic rings. The lowest BCUT2D eigenvalue weighted by atomic mass is 10.2. The molecule has 0 aliphatic carbocycles. The molecule has 1 aliphatic rings. The number of nitrogens with one attached hydrogen (secondary N) is 1. The van der Waals surface area contributed by atoms with E-state index >= 15 is 0 Å². The first-order valence-corrected chi connectivity index (χ1v) is 8.13. The van der Waals surface area contributed by atoms with Crippen LogP contribution in [0.3, 0.4) is 0 Å². The average molecular weight is 297 g/mol. The first-order valence-electron chi connectivity index (χ1n) is 7.19. The van der Waals surface area contributed by atoms with Gasteiger partial charge in [0.25, 0.3) is 5.91 Å². The van der Waals surface area contributed by atoms with Gasteiger partial charge in [-0.2, -0.15) is 0 Å². The van der Waals surface area contributed by atoms with Gasteiger partial charge in [0.15, 0.2) is 0 Å². The fourth-order valence-electron chi connectivity index (χ4n) is 2.54. The Kier molecular flexibility index (Phi) is 5.94. The summed E-state index contributed by atoms with van der Waals surface area (Å²) in [6, 6.07) is 0. The quantitative estimate of drug-likeness (QED) is 0.813. The van der Waals surface area contributed by atoms with Gasteiger partial charge >= 0.3 is 0 Å². The number of thiazole rings is 1. The molecule has 0 radical (unpaired) electrons. The zero-order valence-electron chi connectivity index (χ0n) is 12.2. The van der Waals surface area contributed by atoms with E-state index in [4.69, 9.17) is 4.74 Å². The lowest BCUT2D eigenvalue weighted by Crippen LogP contribution is -2.45. The van der Waals surface area contributed by atoms with Crippen LogP contribution in [0.4, 0.5) is 0 Å². The molecule has 1 N–H and O–H groups in total. The van der Waals surface area contributed by atoms with E-state index in [-0.39, 0.29) is 5.91 Å². The lowest BCUT2D eigenvalue weighted by Gasteiger charge is -2.35. The summed E-state index contributed by atoms with van der Waals surface area (Å²) in [7, 11) is 0. The number of nitrogens with zero attached hydrogens (tertiary/aromatic N) is 2. The molecule has 1 fully saturated rings. The Morgan fingerprint density at radius 3 is 2.85 bits per heavy atom. The van der Waals surface area contributed by atoms with Crippen LogP contribution < -0.4 is 5.32 Å². The second-order valence-electron chi connectivity index (χ2n) is 5.35. The van der Waals surface area contributed by atoms with Crippen molar-refractivity contribution < 1.29 is 9.53 Å². The van der Waals surface area contributed by atoms with Crippen molar-refractivity contribution in [3.8, 4) is 0 Å². The number of amides is 1. The predicted octanol–water partition coefficient (Wildman–Crippen LogP) is 1.76. The molecule has 2 heterocycles. The van der Waals surface area contributed by atoms with Crippen molar-refractivity contribution in [2.24, 2.45) is 0 Å². The standard InChI is InChI=1S/C14H23N3O2S/c1-11-7-17(8-12(2)19-11)6-4-3-5-15-14(18)13-9-20-10-16-13/h9-12H,3-8H2,1-2H3,(H,15,18)/t11-,12-/m0/s1. The van der Waals surface area contributed by atoms with Crippen LogP contribution >= 0.6 is 11.3 Å². The predicted molar refractivity (Wildman–Crippen MR) is 80.1 cm³/mol. The number of unbranched alkanes of at least 4 members (excludes halogenated alkanes) is 1. The lowest BCUT2D eigenvalue weighted by molar-refractivity contribution is -0.0681. The Morgan fingerprint density at radius 1 is 1.45 bits per heavy atom. The monoisotopic (exact) mass is 297 g/mol. The van der Waals surface area contributed by atoms with E-state index in [0.29, 0.717) is 24.4 Å². The highest BCUT2D eigenvalue weighted by Gasteiger charge is 2.21. The number of hydrogen-bond donors (Lipinski definition) is 1. The molecule has 112 valence electrons. The molecule has 0 saturated carbocycles. The summed E-state index contributed by atoms with van der Waals surface area (Å²) in [6.07, 6.45) is 2.73. The van der Waals surface area contributed by atoms with Crippen molar-refractivity contribution in [1.82, 2.24) is 15.2 Å². The Balaban J connectivity index is 1.56. The third kappa shape index (κ3) is 4.85. The van der Waals surface area contributed by atoms with Crippen LogP contribution in [0.2, 0.25) is 0 Å². The highest BCUT2D eigenvalue weighted by atomic mass is 32.1. The van der Waals surface area contributed by atoms with Crippen molar-refractivity contribution in [2.75, 3.05) is 26.2 Å². The Hall–Kier alpha value is -0.980. The van der Waals surface area contributed by atoms with Gasteiger partial charge in [-0.1, -0.05) is 0 Å². The zero-order chi connectivity index (χ0) is 14.4. The Bertz CT molecular complexity index is 401. The number of ether oxygens (including phenoxy) is 1. The SMILES string of the molecule is C[C@H]1CN(CCCCNC(=O)c2cscn2)C[C@H](C)O1. The summed E-state index contributed by atoms with van der Waals surface area (Å²) in [5.41, 5.74) is 2.20. The van der Waals surface area contributed by atoms with Crippen LogP contribution in [0.15, 0.2) is 10.9 Å². The summed E-state index contributed by atoms with van der Waals surface area (Å²) in [5, 5.41) is 4.67. The van der Waals surface area contributed by atoms with Crippen LogP contribution in [0.25, 0.3) is 0 Å². The molecule has 2 rings (SSSR count). The van der Waals surface area contributed by atoms with E-state index in [2.05, 4.69) is 29.0 Å². The Morgan fingerprint density at radius 2 is 2.20 bits per heavy atom. The van der Waals surface area contributed by atoms with Crippen LogP contribution in [-0.4, -0.2) is 54.2 Å².